The van der Waals surface area contributed by atoms with Crippen LogP contribution < -0.4 is 0 Å². The van der Waals surface area contributed by atoms with Crippen molar-refractivity contribution >= 4 is 11.7 Å². The first-order valence-electron chi connectivity index (χ1n) is 9.51. The maximum atomic E-state index is 12.9. The molecule has 1 heterocycles. The van der Waals surface area contributed by atoms with E-state index in [2.05, 4.69) is 0 Å². The molecule has 27 heavy (non-hydrogen) atoms. The lowest BCUT2D eigenvalue weighted by Crippen LogP contribution is -2.42. The van der Waals surface area contributed by atoms with Crippen molar-refractivity contribution in [1.82, 2.24) is 4.90 Å². The van der Waals surface area contributed by atoms with Crippen molar-refractivity contribution in [2.24, 2.45) is 22.7 Å². The summed E-state index contributed by atoms with van der Waals surface area (Å²) in [5, 5.41) is 9.30. The van der Waals surface area contributed by atoms with Gasteiger partial charge in [0.2, 0.25) is 5.91 Å². The fourth-order valence-electron chi connectivity index (χ4n) is 5.10. The number of hydrogen-bond donors (Lipinski definition) is 0. The molecule has 4 nitrogen and oxygen atoms in total. The van der Waals surface area contributed by atoms with Crippen LogP contribution in [0.2, 0.25) is 0 Å². The summed E-state index contributed by atoms with van der Waals surface area (Å²) < 4.78 is 38.5. The standard InChI is InChI=1S/C20H25F3N2O2/c1-18(2)11-19(9-14(10-24)16(18)26)7-8-25(12-19)17(27)13-3-5-15(6-4-13)20(21,22)23/h9,13,15H,3-8,11-12H2,1-2H3/t13-,15-,19-/m1/s1. The van der Waals surface area contributed by atoms with Crippen molar-refractivity contribution in [3.05, 3.63) is 11.6 Å². The molecule has 0 aromatic heterocycles. The zero-order valence-corrected chi connectivity index (χ0v) is 15.7. The second-order valence-corrected chi connectivity index (χ2v) is 9.02. The largest absolute Gasteiger partial charge is 0.391 e. The second kappa shape index (κ2) is 6.65. The van der Waals surface area contributed by atoms with Crippen LogP contribution in [0.4, 0.5) is 13.2 Å². The van der Waals surface area contributed by atoms with Crippen LogP contribution in [0.15, 0.2) is 11.6 Å². The Morgan fingerprint density at radius 3 is 2.44 bits per heavy atom. The molecule has 7 heteroatoms. The molecule has 1 atom stereocenters. The smallest absolute Gasteiger partial charge is 0.342 e. The van der Waals surface area contributed by atoms with Gasteiger partial charge in [-0.25, -0.2) is 0 Å². The topological polar surface area (TPSA) is 61.2 Å². The molecule has 1 saturated heterocycles. The molecule has 0 N–H and O–H groups in total. The molecule has 2 aliphatic carbocycles. The van der Waals surface area contributed by atoms with Crippen molar-refractivity contribution in [3.63, 3.8) is 0 Å². The van der Waals surface area contributed by atoms with Crippen LogP contribution in [0, 0.1) is 34.0 Å². The number of rotatable bonds is 1. The first kappa shape index (κ1) is 19.9. The van der Waals surface area contributed by atoms with Crippen LogP contribution >= 0.6 is 0 Å². The average Bonchev–Trinajstić information content (AvgIpc) is 2.99. The van der Waals surface area contributed by atoms with Gasteiger partial charge in [-0.05, 0) is 38.5 Å². The number of likely N-dealkylation sites (tertiary alicyclic amines) is 1. The van der Waals surface area contributed by atoms with Crippen LogP contribution in [-0.2, 0) is 9.59 Å². The van der Waals surface area contributed by atoms with E-state index in [1.165, 1.54) is 0 Å². The highest BCUT2D eigenvalue weighted by Crippen LogP contribution is 2.48. The highest BCUT2D eigenvalue weighted by atomic mass is 19.4. The predicted octanol–water partition coefficient (Wildman–Crippen LogP) is 4.02. The monoisotopic (exact) mass is 382 g/mol. The summed E-state index contributed by atoms with van der Waals surface area (Å²) >= 11 is 0. The van der Waals surface area contributed by atoms with E-state index in [4.69, 9.17) is 0 Å². The van der Waals surface area contributed by atoms with E-state index in [0.717, 1.165) is 0 Å². The van der Waals surface area contributed by atoms with Crippen molar-refractivity contribution in [2.45, 2.75) is 58.5 Å². The van der Waals surface area contributed by atoms with Crippen LogP contribution in [0.1, 0.15) is 52.4 Å². The van der Waals surface area contributed by atoms with E-state index in [0.29, 0.717) is 25.9 Å². The summed E-state index contributed by atoms with van der Waals surface area (Å²) in [6.07, 6.45) is -0.616. The number of Topliss-reactive ketones (excluding diaryl/α,β-unsaturated/α-hetero) is 1. The number of alkyl halides is 3. The van der Waals surface area contributed by atoms with Gasteiger partial charge in [-0.1, -0.05) is 19.9 Å². The summed E-state index contributed by atoms with van der Waals surface area (Å²) in [5.74, 6) is -1.88. The molecule has 2 fully saturated rings. The zero-order valence-electron chi connectivity index (χ0n) is 15.7. The molecule has 0 aromatic carbocycles. The minimum Gasteiger partial charge on any atom is -0.342 e. The summed E-state index contributed by atoms with van der Waals surface area (Å²) in [6, 6.07) is 1.99. The van der Waals surface area contributed by atoms with Gasteiger partial charge in [0.05, 0.1) is 11.5 Å². The number of carbonyl (C=O) groups excluding carboxylic acids is 2. The number of carbonyl (C=O) groups is 2. The van der Waals surface area contributed by atoms with Gasteiger partial charge in [-0.2, -0.15) is 18.4 Å². The number of nitrogens with zero attached hydrogens (tertiary/aromatic N) is 2. The minimum absolute atomic E-state index is 0.0128. The van der Waals surface area contributed by atoms with Crippen LogP contribution in [0.25, 0.3) is 0 Å². The number of nitriles is 1. The van der Waals surface area contributed by atoms with Crippen LogP contribution in [0.3, 0.4) is 0 Å². The maximum Gasteiger partial charge on any atom is 0.391 e. The lowest BCUT2D eigenvalue weighted by Gasteiger charge is -2.39. The summed E-state index contributed by atoms with van der Waals surface area (Å²) in [4.78, 5) is 26.9. The van der Waals surface area contributed by atoms with Gasteiger partial charge in [-0.15, -0.1) is 0 Å². The Bertz CT molecular complexity index is 712. The second-order valence-electron chi connectivity index (χ2n) is 9.02. The van der Waals surface area contributed by atoms with Gasteiger partial charge in [0, 0.05) is 29.8 Å². The first-order chi connectivity index (χ1) is 12.5. The van der Waals surface area contributed by atoms with Crippen molar-refractivity contribution in [3.8, 4) is 6.07 Å². The van der Waals surface area contributed by atoms with E-state index in [9.17, 15) is 28.0 Å². The number of hydrogen-bond acceptors (Lipinski definition) is 3. The highest BCUT2D eigenvalue weighted by molar-refractivity contribution is 6.03. The van der Waals surface area contributed by atoms with E-state index in [1.54, 1.807) is 11.0 Å². The number of ketones is 1. The summed E-state index contributed by atoms with van der Waals surface area (Å²) in [5.41, 5.74) is -0.878. The third-order valence-corrected chi connectivity index (χ3v) is 6.46. The van der Waals surface area contributed by atoms with Crippen LogP contribution in [0.5, 0.6) is 0 Å². The molecule has 148 valence electrons. The van der Waals surface area contributed by atoms with E-state index in [1.807, 2.05) is 19.9 Å². The molecular weight excluding hydrogens is 357 g/mol. The van der Waals surface area contributed by atoms with Gasteiger partial charge in [0.15, 0.2) is 5.78 Å². The third kappa shape index (κ3) is 3.76. The molecule has 0 radical (unpaired) electrons. The Balaban J connectivity index is 1.68. The normalized spacial score (nSPS) is 33.7. The maximum absolute atomic E-state index is 12.9. The molecule has 0 bridgehead atoms. The molecule has 0 unspecified atom stereocenters. The zero-order chi connectivity index (χ0) is 20.0. The molecule has 1 aliphatic heterocycles. The SMILES string of the molecule is CC1(C)C[C@]2(C=C(C#N)C1=O)CCN(C(=O)[C@H]1CC[C@H](C(F)(F)F)CC1)C2. The van der Waals surface area contributed by atoms with Gasteiger partial charge >= 0.3 is 6.18 Å². The molecule has 0 aromatic rings. The van der Waals surface area contributed by atoms with Crippen molar-refractivity contribution in [1.29, 1.82) is 5.26 Å². The number of halogens is 3. The molecule has 1 spiro atoms. The molecular formula is C20H25F3N2O2. The Morgan fingerprint density at radius 1 is 1.26 bits per heavy atom. The average molecular weight is 382 g/mol. The van der Waals surface area contributed by atoms with E-state index >= 15 is 0 Å². The Kier molecular flexibility index (Phi) is 4.90. The quantitative estimate of drug-likeness (QED) is 0.688. The Morgan fingerprint density at radius 2 is 1.89 bits per heavy atom. The minimum atomic E-state index is -4.18. The van der Waals surface area contributed by atoms with Gasteiger partial charge in [0.1, 0.15) is 6.07 Å². The first-order valence-corrected chi connectivity index (χ1v) is 9.51. The summed E-state index contributed by atoms with van der Waals surface area (Å²) in [7, 11) is 0. The fraction of sp³-hybridized carbons (Fsp3) is 0.750. The third-order valence-electron chi connectivity index (χ3n) is 6.46. The number of amides is 1. The summed E-state index contributed by atoms with van der Waals surface area (Å²) in [6.45, 7) is 4.61. The Labute approximate surface area is 157 Å². The predicted molar refractivity (Wildman–Crippen MR) is 92.2 cm³/mol. The fourth-order valence-corrected chi connectivity index (χ4v) is 5.10. The van der Waals surface area contributed by atoms with E-state index < -0.39 is 17.5 Å². The van der Waals surface area contributed by atoms with E-state index in [-0.39, 0.29) is 54.3 Å². The molecule has 3 rings (SSSR count). The Hall–Kier alpha value is -1.84. The lowest BCUT2D eigenvalue weighted by molar-refractivity contribution is -0.185. The van der Waals surface area contributed by atoms with Gasteiger partial charge < -0.3 is 4.90 Å². The van der Waals surface area contributed by atoms with Crippen molar-refractivity contribution in [2.75, 3.05) is 13.1 Å². The lowest BCUT2D eigenvalue weighted by atomic mass is 9.64. The van der Waals surface area contributed by atoms with Gasteiger partial charge in [-0.3, -0.25) is 9.59 Å². The molecule has 3 aliphatic rings. The molecule has 1 amide bonds. The van der Waals surface area contributed by atoms with Crippen molar-refractivity contribution < 1.29 is 22.8 Å². The number of allylic oxidation sites excluding steroid dienone is 1. The highest BCUT2D eigenvalue weighted by Gasteiger charge is 2.50. The van der Waals surface area contributed by atoms with Crippen LogP contribution in [-0.4, -0.2) is 35.9 Å². The van der Waals surface area contributed by atoms with Gasteiger partial charge in [0.25, 0.3) is 0 Å². The molecule has 1 saturated carbocycles.